The minimum Gasteiger partial charge on any atom is -0.365 e. The second-order valence-corrected chi connectivity index (χ2v) is 8.86. The lowest BCUT2D eigenvalue weighted by Crippen LogP contribution is -2.38. The Morgan fingerprint density at radius 1 is 1.31 bits per heavy atom. The molecule has 2 heterocycles. The van der Waals surface area contributed by atoms with Crippen molar-refractivity contribution in [3.8, 4) is 11.3 Å². The van der Waals surface area contributed by atoms with E-state index in [1.807, 2.05) is 30.3 Å². The lowest BCUT2D eigenvalue weighted by atomic mass is 9.97. The summed E-state index contributed by atoms with van der Waals surface area (Å²) in [4.78, 5) is 7.32. The SMILES string of the molecule is C=C([C@@H](N)[C@H](C)CC)N1CCC[C@H]1c1nc(-c2ccc(F)c3ccccc23)cs1. The zero-order chi connectivity index (χ0) is 20.5. The van der Waals surface area contributed by atoms with E-state index >= 15 is 0 Å². The second kappa shape index (κ2) is 8.25. The van der Waals surface area contributed by atoms with E-state index in [0.29, 0.717) is 11.3 Å². The molecule has 4 rings (SSSR count). The van der Waals surface area contributed by atoms with Crippen LogP contribution < -0.4 is 5.73 Å². The highest BCUT2D eigenvalue weighted by atomic mass is 32.1. The Morgan fingerprint density at radius 2 is 2.07 bits per heavy atom. The van der Waals surface area contributed by atoms with Crippen LogP contribution in [0.3, 0.4) is 0 Å². The van der Waals surface area contributed by atoms with Gasteiger partial charge in [-0.25, -0.2) is 9.37 Å². The Hall–Kier alpha value is -2.24. The van der Waals surface area contributed by atoms with Crippen molar-refractivity contribution in [1.82, 2.24) is 9.88 Å². The number of aromatic nitrogens is 1. The number of fused-ring (bicyclic) bond motifs is 1. The molecule has 0 amide bonds. The summed E-state index contributed by atoms with van der Waals surface area (Å²) in [5, 5.41) is 4.71. The zero-order valence-electron chi connectivity index (χ0n) is 17.1. The number of nitrogens with two attached hydrogens (primary N) is 1. The Labute approximate surface area is 176 Å². The molecule has 1 aliphatic rings. The molecule has 1 aliphatic heterocycles. The number of thiazole rings is 1. The van der Waals surface area contributed by atoms with Gasteiger partial charge in [0.15, 0.2) is 0 Å². The fourth-order valence-corrected chi connectivity index (χ4v) is 5.16. The molecule has 0 spiro atoms. The van der Waals surface area contributed by atoms with Gasteiger partial charge in [0.05, 0.1) is 11.7 Å². The Morgan fingerprint density at radius 3 is 2.83 bits per heavy atom. The first kappa shape index (κ1) is 20.0. The number of hydrogen-bond donors (Lipinski definition) is 1. The Bertz CT molecular complexity index is 1030. The number of halogens is 1. The van der Waals surface area contributed by atoms with E-state index in [-0.39, 0.29) is 17.9 Å². The zero-order valence-corrected chi connectivity index (χ0v) is 17.9. The Balaban J connectivity index is 1.64. The molecule has 0 bridgehead atoms. The molecule has 0 unspecified atom stereocenters. The highest BCUT2D eigenvalue weighted by Gasteiger charge is 2.32. The third-order valence-corrected chi connectivity index (χ3v) is 7.16. The molecule has 3 aromatic rings. The summed E-state index contributed by atoms with van der Waals surface area (Å²) in [5.41, 5.74) is 9.37. The van der Waals surface area contributed by atoms with Crippen LogP contribution in [0.2, 0.25) is 0 Å². The molecule has 5 heteroatoms. The standard InChI is InChI=1S/C24H28FN3S/c1-4-15(2)23(26)16(3)28-13-7-10-22(28)24-27-21(14-29-24)19-11-12-20(25)18-9-6-5-8-17(18)19/h5-6,8-9,11-12,14-15,22-23H,3-4,7,10,13,26H2,1-2H3/t15-,22+,23+/m1/s1. The van der Waals surface area contributed by atoms with Gasteiger partial charge in [-0.05, 0) is 36.3 Å². The molecule has 29 heavy (non-hydrogen) atoms. The highest BCUT2D eigenvalue weighted by molar-refractivity contribution is 7.10. The van der Waals surface area contributed by atoms with Gasteiger partial charge >= 0.3 is 0 Å². The predicted molar refractivity (Wildman–Crippen MR) is 120 cm³/mol. The van der Waals surface area contributed by atoms with Gasteiger partial charge in [-0.1, -0.05) is 51.1 Å². The smallest absolute Gasteiger partial charge is 0.131 e. The fraction of sp³-hybridized carbons (Fsp3) is 0.375. The van der Waals surface area contributed by atoms with Gasteiger partial charge in [-0.15, -0.1) is 11.3 Å². The lowest BCUT2D eigenvalue weighted by molar-refractivity contribution is 0.284. The van der Waals surface area contributed by atoms with Crippen molar-refractivity contribution in [3.63, 3.8) is 0 Å². The molecule has 152 valence electrons. The first-order valence-electron chi connectivity index (χ1n) is 10.3. The average molecular weight is 410 g/mol. The minimum absolute atomic E-state index is 0.0268. The Kier molecular flexibility index (Phi) is 5.70. The maximum absolute atomic E-state index is 14.2. The average Bonchev–Trinajstić information content (AvgIpc) is 3.42. The van der Waals surface area contributed by atoms with E-state index < -0.39 is 0 Å². The molecular weight excluding hydrogens is 381 g/mol. The van der Waals surface area contributed by atoms with Crippen molar-refractivity contribution >= 4 is 22.1 Å². The second-order valence-electron chi connectivity index (χ2n) is 7.97. The first-order chi connectivity index (χ1) is 14.0. The molecule has 3 nitrogen and oxygen atoms in total. The number of benzene rings is 2. The highest BCUT2D eigenvalue weighted by Crippen LogP contribution is 2.39. The molecule has 1 aromatic heterocycles. The van der Waals surface area contributed by atoms with Gasteiger partial charge in [-0.3, -0.25) is 0 Å². The number of likely N-dealkylation sites (tertiary alicyclic amines) is 1. The van der Waals surface area contributed by atoms with Crippen molar-refractivity contribution in [2.45, 2.75) is 45.2 Å². The van der Waals surface area contributed by atoms with E-state index in [1.54, 1.807) is 11.3 Å². The lowest BCUT2D eigenvalue weighted by Gasteiger charge is -2.33. The molecule has 1 saturated heterocycles. The van der Waals surface area contributed by atoms with Crippen LogP contribution >= 0.6 is 11.3 Å². The number of rotatable bonds is 6. The van der Waals surface area contributed by atoms with Gasteiger partial charge < -0.3 is 10.6 Å². The van der Waals surface area contributed by atoms with Crippen molar-refractivity contribution in [2.75, 3.05) is 6.54 Å². The van der Waals surface area contributed by atoms with Crippen LogP contribution in [0.4, 0.5) is 4.39 Å². The van der Waals surface area contributed by atoms with Crippen LogP contribution in [-0.4, -0.2) is 22.5 Å². The van der Waals surface area contributed by atoms with E-state index in [2.05, 4.69) is 30.7 Å². The van der Waals surface area contributed by atoms with E-state index in [1.165, 1.54) is 6.07 Å². The fourth-order valence-electron chi connectivity index (χ4n) is 4.19. The molecule has 1 fully saturated rings. The van der Waals surface area contributed by atoms with Crippen molar-refractivity contribution in [3.05, 3.63) is 64.9 Å². The van der Waals surface area contributed by atoms with Gasteiger partial charge in [0.1, 0.15) is 10.8 Å². The van der Waals surface area contributed by atoms with Gasteiger partial charge in [0.25, 0.3) is 0 Å². The molecule has 0 saturated carbocycles. The first-order valence-corrected chi connectivity index (χ1v) is 11.2. The van der Waals surface area contributed by atoms with Gasteiger partial charge in [-0.2, -0.15) is 0 Å². The number of hydrogen-bond acceptors (Lipinski definition) is 4. The summed E-state index contributed by atoms with van der Waals surface area (Å²) >= 11 is 1.67. The summed E-state index contributed by atoms with van der Waals surface area (Å²) in [5.74, 6) is 0.207. The number of nitrogens with zero attached hydrogens (tertiary/aromatic N) is 2. The van der Waals surface area contributed by atoms with Gasteiger partial charge in [0.2, 0.25) is 0 Å². The normalized spacial score (nSPS) is 18.9. The third-order valence-electron chi connectivity index (χ3n) is 6.22. The summed E-state index contributed by atoms with van der Waals surface area (Å²) < 4.78 is 14.2. The molecule has 2 N–H and O–H groups in total. The van der Waals surface area contributed by atoms with E-state index in [9.17, 15) is 4.39 Å². The van der Waals surface area contributed by atoms with E-state index in [4.69, 9.17) is 10.7 Å². The minimum atomic E-state index is -0.197. The van der Waals surface area contributed by atoms with Crippen LogP contribution in [0.1, 0.15) is 44.2 Å². The van der Waals surface area contributed by atoms with Crippen LogP contribution in [0.15, 0.2) is 54.1 Å². The van der Waals surface area contributed by atoms with Crippen molar-refractivity contribution < 1.29 is 4.39 Å². The van der Waals surface area contributed by atoms with Crippen LogP contribution in [0.25, 0.3) is 22.0 Å². The predicted octanol–water partition coefficient (Wildman–Crippen LogP) is 6.13. The molecule has 3 atom stereocenters. The third kappa shape index (κ3) is 3.69. The quantitative estimate of drug-likeness (QED) is 0.533. The van der Waals surface area contributed by atoms with E-state index in [0.717, 1.165) is 53.2 Å². The largest absolute Gasteiger partial charge is 0.365 e. The maximum Gasteiger partial charge on any atom is 0.131 e. The summed E-state index contributed by atoms with van der Waals surface area (Å²) in [6.45, 7) is 9.66. The summed E-state index contributed by atoms with van der Waals surface area (Å²) in [7, 11) is 0. The molecule has 0 aliphatic carbocycles. The summed E-state index contributed by atoms with van der Waals surface area (Å²) in [6.07, 6.45) is 3.21. The van der Waals surface area contributed by atoms with Crippen LogP contribution in [-0.2, 0) is 0 Å². The van der Waals surface area contributed by atoms with Crippen molar-refractivity contribution in [2.24, 2.45) is 11.7 Å². The summed E-state index contributed by atoms with van der Waals surface area (Å²) in [6, 6.07) is 11.2. The molecular formula is C24H28FN3S. The van der Waals surface area contributed by atoms with Gasteiger partial charge in [0, 0.05) is 34.6 Å². The maximum atomic E-state index is 14.2. The van der Waals surface area contributed by atoms with Crippen LogP contribution in [0, 0.1) is 11.7 Å². The van der Waals surface area contributed by atoms with Crippen molar-refractivity contribution in [1.29, 1.82) is 0 Å². The topological polar surface area (TPSA) is 42.1 Å². The monoisotopic (exact) mass is 409 g/mol. The molecule has 2 aromatic carbocycles. The van der Waals surface area contributed by atoms with Crippen LogP contribution in [0.5, 0.6) is 0 Å². The molecule has 0 radical (unpaired) electrons.